The van der Waals surface area contributed by atoms with E-state index in [0.29, 0.717) is 39.2 Å². The number of anilines is 1. The van der Waals surface area contributed by atoms with Crippen molar-refractivity contribution < 1.29 is 14.3 Å². The molecule has 0 saturated carbocycles. The Labute approximate surface area is 195 Å². The summed E-state index contributed by atoms with van der Waals surface area (Å²) in [6.45, 7) is 0. The predicted molar refractivity (Wildman–Crippen MR) is 131 cm³/mol. The number of nitrogens with zero attached hydrogens (tertiary/aromatic N) is 2. The van der Waals surface area contributed by atoms with Crippen molar-refractivity contribution in [2.75, 3.05) is 5.32 Å². The number of fused-ring (bicyclic) bond motifs is 1. The lowest BCUT2D eigenvalue weighted by Gasteiger charge is -2.11. The molecule has 0 bridgehead atoms. The summed E-state index contributed by atoms with van der Waals surface area (Å²) in [6.07, 6.45) is 3.37. The lowest BCUT2D eigenvalue weighted by molar-refractivity contribution is 0.0736. The molecule has 0 atom stereocenters. The molecule has 0 saturated heterocycles. The van der Waals surface area contributed by atoms with Gasteiger partial charge in [-0.2, -0.15) is 0 Å². The molecule has 0 aliphatic rings. The van der Waals surface area contributed by atoms with E-state index in [1.165, 1.54) is 0 Å². The van der Waals surface area contributed by atoms with Gasteiger partial charge in [-0.15, -0.1) is 0 Å². The molecule has 1 N–H and O–H groups in total. The van der Waals surface area contributed by atoms with Crippen molar-refractivity contribution in [3.63, 3.8) is 0 Å². The van der Waals surface area contributed by atoms with E-state index in [4.69, 9.17) is 4.74 Å². The minimum Gasteiger partial charge on any atom is -0.423 e. The molecule has 0 unspecified atom stereocenters. The van der Waals surface area contributed by atoms with Gasteiger partial charge in [0.05, 0.1) is 16.8 Å². The van der Waals surface area contributed by atoms with Gasteiger partial charge in [-0.25, -0.2) is 9.78 Å². The van der Waals surface area contributed by atoms with Gasteiger partial charge < -0.3 is 10.1 Å². The average molecular weight is 445 g/mol. The van der Waals surface area contributed by atoms with Crippen LogP contribution in [0.4, 0.5) is 5.69 Å². The summed E-state index contributed by atoms with van der Waals surface area (Å²) >= 11 is 0. The molecule has 6 nitrogen and oxygen atoms in total. The van der Waals surface area contributed by atoms with Crippen LogP contribution in [0.1, 0.15) is 20.7 Å². The Kier molecular flexibility index (Phi) is 5.78. The minimum atomic E-state index is -0.491. The van der Waals surface area contributed by atoms with Gasteiger partial charge in [0, 0.05) is 34.6 Å². The van der Waals surface area contributed by atoms with Gasteiger partial charge in [0.1, 0.15) is 5.75 Å². The highest BCUT2D eigenvalue weighted by Gasteiger charge is 2.16. The maximum Gasteiger partial charge on any atom is 0.344 e. The van der Waals surface area contributed by atoms with Crippen LogP contribution in [-0.2, 0) is 0 Å². The molecular formula is C28H19N3O3. The highest BCUT2D eigenvalue weighted by Crippen LogP contribution is 2.26. The average Bonchev–Trinajstić information content (AvgIpc) is 2.90. The summed E-state index contributed by atoms with van der Waals surface area (Å²) in [5.41, 5.74) is 3.79. The normalized spacial score (nSPS) is 10.6. The highest BCUT2D eigenvalue weighted by molar-refractivity contribution is 6.06. The Morgan fingerprint density at radius 3 is 2.24 bits per heavy atom. The Bertz CT molecular complexity index is 1470. The summed E-state index contributed by atoms with van der Waals surface area (Å²) in [5.74, 6) is -0.332. The smallest absolute Gasteiger partial charge is 0.344 e. The highest BCUT2D eigenvalue weighted by atomic mass is 16.5. The number of rotatable bonds is 5. The van der Waals surface area contributed by atoms with Crippen LogP contribution in [-0.4, -0.2) is 21.8 Å². The molecule has 164 valence electrons. The summed E-state index contributed by atoms with van der Waals surface area (Å²) < 4.78 is 5.65. The Hall–Kier alpha value is -4.84. The van der Waals surface area contributed by atoms with Gasteiger partial charge in [0.15, 0.2) is 0 Å². The van der Waals surface area contributed by atoms with E-state index < -0.39 is 5.97 Å². The SMILES string of the molecule is O=C(Nc1ccc(OC(=O)c2cc(-c3ccncc3)nc3ccccc23)cc1)c1ccccc1. The number of carbonyl (C=O) groups is 2. The number of benzene rings is 3. The number of nitrogens with one attached hydrogen (secondary N) is 1. The van der Waals surface area contributed by atoms with Gasteiger partial charge in [-0.1, -0.05) is 36.4 Å². The largest absolute Gasteiger partial charge is 0.423 e. The fourth-order valence-corrected chi connectivity index (χ4v) is 3.58. The van der Waals surface area contributed by atoms with Crippen LogP contribution in [0.2, 0.25) is 0 Å². The van der Waals surface area contributed by atoms with Gasteiger partial charge in [0.25, 0.3) is 5.91 Å². The molecule has 0 aliphatic carbocycles. The second-order valence-corrected chi connectivity index (χ2v) is 7.54. The first-order chi connectivity index (χ1) is 16.7. The summed E-state index contributed by atoms with van der Waals surface area (Å²) in [7, 11) is 0. The second-order valence-electron chi connectivity index (χ2n) is 7.54. The standard InChI is InChI=1S/C28H19N3O3/c32-27(20-6-2-1-3-7-20)30-21-10-12-22(13-11-21)34-28(33)24-18-26(19-14-16-29-17-15-19)31-25-9-5-4-8-23(24)25/h1-18H,(H,30,32). The Morgan fingerprint density at radius 1 is 0.765 bits per heavy atom. The third-order valence-electron chi connectivity index (χ3n) is 5.27. The zero-order chi connectivity index (χ0) is 23.3. The van der Waals surface area contributed by atoms with Crippen LogP contribution < -0.4 is 10.1 Å². The van der Waals surface area contributed by atoms with E-state index in [-0.39, 0.29) is 5.91 Å². The van der Waals surface area contributed by atoms with Gasteiger partial charge in [0.2, 0.25) is 0 Å². The van der Waals surface area contributed by atoms with Crippen LogP contribution in [0.3, 0.4) is 0 Å². The lowest BCUT2D eigenvalue weighted by Crippen LogP contribution is -2.12. The number of para-hydroxylation sites is 1. The van der Waals surface area contributed by atoms with Crippen LogP contribution in [0, 0.1) is 0 Å². The first-order valence-corrected chi connectivity index (χ1v) is 10.7. The third-order valence-corrected chi connectivity index (χ3v) is 5.27. The number of carbonyl (C=O) groups excluding carboxylic acids is 2. The quantitative estimate of drug-likeness (QED) is 0.274. The molecule has 6 heteroatoms. The number of esters is 1. The van der Waals surface area contributed by atoms with E-state index in [9.17, 15) is 9.59 Å². The Balaban J connectivity index is 1.38. The molecule has 0 spiro atoms. The molecule has 34 heavy (non-hydrogen) atoms. The molecule has 5 aromatic rings. The van der Waals surface area contributed by atoms with Gasteiger partial charge in [-0.3, -0.25) is 9.78 Å². The van der Waals surface area contributed by atoms with E-state index in [1.807, 2.05) is 42.5 Å². The second kappa shape index (κ2) is 9.34. The summed E-state index contributed by atoms with van der Waals surface area (Å²) in [6, 6.07) is 28.5. The van der Waals surface area contributed by atoms with Crippen molar-refractivity contribution in [2.45, 2.75) is 0 Å². The fraction of sp³-hybridized carbons (Fsp3) is 0. The van der Waals surface area contributed by atoms with Crippen molar-refractivity contribution in [3.8, 4) is 17.0 Å². The first-order valence-electron chi connectivity index (χ1n) is 10.7. The molecule has 0 aliphatic heterocycles. The molecule has 5 rings (SSSR count). The number of aromatic nitrogens is 2. The Morgan fingerprint density at radius 2 is 1.47 bits per heavy atom. The van der Waals surface area contributed by atoms with Gasteiger partial charge >= 0.3 is 5.97 Å². The zero-order valence-corrected chi connectivity index (χ0v) is 18.0. The van der Waals surface area contributed by atoms with Crippen molar-refractivity contribution in [1.82, 2.24) is 9.97 Å². The summed E-state index contributed by atoms with van der Waals surface area (Å²) in [5, 5.41) is 3.53. The van der Waals surface area contributed by atoms with Crippen molar-refractivity contribution in [3.05, 3.63) is 121 Å². The number of amides is 1. The first kappa shape index (κ1) is 21.0. The van der Waals surface area contributed by atoms with E-state index in [0.717, 1.165) is 5.56 Å². The maximum absolute atomic E-state index is 13.1. The molecule has 0 radical (unpaired) electrons. The maximum atomic E-state index is 13.1. The molecule has 2 aromatic heterocycles. The molecule has 0 fully saturated rings. The molecular weight excluding hydrogens is 426 g/mol. The van der Waals surface area contributed by atoms with Crippen LogP contribution in [0.15, 0.2) is 109 Å². The van der Waals surface area contributed by atoms with Crippen LogP contribution >= 0.6 is 0 Å². The van der Waals surface area contributed by atoms with E-state index in [1.54, 1.807) is 67.0 Å². The van der Waals surface area contributed by atoms with Crippen molar-refractivity contribution in [2.24, 2.45) is 0 Å². The molecule has 3 aromatic carbocycles. The van der Waals surface area contributed by atoms with Gasteiger partial charge in [-0.05, 0) is 60.7 Å². The van der Waals surface area contributed by atoms with Crippen LogP contribution in [0.25, 0.3) is 22.2 Å². The number of pyridine rings is 2. The zero-order valence-electron chi connectivity index (χ0n) is 18.0. The topological polar surface area (TPSA) is 81.2 Å². The van der Waals surface area contributed by atoms with Crippen LogP contribution in [0.5, 0.6) is 5.75 Å². The third kappa shape index (κ3) is 4.52. The number of hydrogen-bond donors (Lipinski definition) is 1. The number of hydrogen-bond acceptors (Lipinski definition) is 5. The van der Waals surface area contributed by atoms with Crippen molar-refractivity contribution >= 4 is 28.5 Å². The predicted octanol–water partition coefficient (Wildman–Crippen LogP) is 5.77. The van der Waals surface area contributed by atoms with E-state index >= 15 is 0 Å². The van der Waals surface area contributed by atoms with Crippen molar-refractivity contribution in [1.29, 1.82) is 0 Å². The molecule has 2 heterocycles. The van der Waals surface area contributed by atoms with E-state index in [2.05, 4.69) is 15.3 Å². The summed E-state index contributed by atoms with van der Waals surface area (Å²) in [4.78, 5) is 34.2. The molecule has 1 amide bonds. The fourth-order valence-electron chi connectivity index (χ4n) is 3.58. The minimum absolute atomic E-state index is 0.211. The lowest BCUT2D eigenvalue weighted by atomic mass is 10.0. The number of ether oxygens (including phenoxy) is 1. The monoisotopic (exact) mass is 445 g/mol.